The molecule has 1 atom stereocenters. The first kappa shape index (κ1) is 9.15. The Hall–Kier alpha value is -0.420. The molecule has 5 heteroatoms. The summed E-state index contributed by atoms with van der Waals surface area (Å²) < 4.78 is 24.4. The Morgan fingerprint density at radius 3 is 2.69 bits per heavy atom. The molecule has 0 aromatic carbocycles. The molecule has 2 heterocycles. The summed E-state index contributed by atoms with van der Waals surface area (Å²) in [6.45, 7) is 2.27. The van der Waals surface area contributed by atoms with Gasteiger partial charge in [-0.15, -0.1) is 0 Å². The molecule has 2 rings (SSSR count). The second-order valence-electron chi connectivity index (χ2n) is 3.98. The molecule has 0 bridgehead atoms. The molecular formula is C8H13NO3S. The lowest BCUT2D eigenvalue weighted by Gasteiger charge is -2.35. The number of sulfonamides is 1. The molecule has 74 valence electrons. The zero-order valence-corrected chi connectivity index (χ0v) is 8.43. The summed E-state index contributed by atoms with van der Waals surface area (Å²) in [5.41, 5.74) is -0.711. The summed E-state index contributed by atoms with van der Waals surface area (Å²) >= 11 is 0. The highest BCUT2D eigenvalue weighted by atomic mass is 32.2. The minimum Gasteiger partial charge on any atom is -0.296 e. The number of fused-ring (bicyclic) bond motifs is 1. The number of hydrogen-bond donors (Lipinski definition) is 0. The predicted molar refractivity (Wildman–Crippen MR) is 47.8 cm³/mol. The van der Waals surface area contributed by atoms with Gasteiger partial charge < -0.3 is 0 Å². The molecule has 0 amide bonds. The van der Waals surface area contributed by atoms with Crippen LogP contribution >= 0.6 is 0 Å². The lowest BCUT2D eigenvalue weighted by atomic mass is 9.88. The van der Waals surface area contributed by atoms with Gasteiger partial charge in [-0.3, -0.25) is 4.79 Å². The molecule has 2 aliphatic heterocycles. The van der Waals surface area contributed by atoms with Crippen LogP contribution in [0.1, 0.15) is 26.2 Å². The Labute approximate surface area is 78.0 Å². The van der Waals surface area contributed by atoms with Crippen molar-refractivity contribution < 1.29 is 13.2 Å². The van der Waals surface area contributed by atoms with E-state index < -0.39 is 15.6 Å². The van der Waals surface area contributed by atoms with Crippen molar-refractivity contribution in [2.24, 2.45) is 0 Å². The van der Waals surface area contributed by atoms with E-state index in [1.165, 1.54) is 4.31 Å². The lowest BCUT2D eigenvalue weighted by molar-refractivity contribution is -0.124. The van der Waals surface area contributed by atoms with Crippen molar-refractivity contribution in [2.75, 3.05) is 12.3 Å². The third kappa shape index (κ3) is 1.14. The Bertz CT molecular complexity index is 348. The summed E-state index contributed by atoms with van der Waals surface area (Å²) in [7, 11) is -3.27. The highest BCUT2D eigenvalue weighted by Crippen LogP contribution is 2.36. The van der Waals surface area contributed by atoms with Gasteiger partial charge in [-0.1, -0.05) is 0 Å². The fraction of sp³-hybridized carbons (Fsp3) is 0.875. The zero-order valence-electron chi connectivity index (χ0n) is 7.62. The van der Waals surface area contributed by atoms with Crippen molar-refractivity contribution in [3.05, 3.63) is 0 Å². The van der Waals surface area contributed by atoms with Crippen molar-refractivity contribution in [1.82, 2.24) is 4.31 Å². The van der Waals surface area contributed by atoms with Gasteiger partial charge in [0.15, 0.2) is 5.78 Å². The predicted octanol–water partition coefficient (Wildman–Crippen LogP) is 0.143. The number of Topliss-reactive ketones (excluding diaryl/α,β-unsaturated/α-hetero) is 1. The fourth-order valence-electron chi connectivity index (χ4n) is 2.22. The van der Waals surface area contributed by atoms with Gasteiger partial charge in [0.05, 0.1) is 5.54 Å². The maximum Gasteiger partial charge on any atom is 0.222 e. The third-order valence-electron chi connectivity index (χ3n) is 3.08. The molecule has 0 radical (unpaired) electrons. The number of nitrogens with zero attached hydrogens (tertiary/aromatic N) is 1. The van der Waals surface area contributed by atoms with Crippen molar-refractivity contribution in [3.8, 4) is 0 Å². The van der Waals surface area contributed by atoms with E-state index in [0.29, 0.717) is 13.0 Å². The fourth-order valence-corrected chi connectivity index (χ4v) is 4.23. The zero-order chi connectivity index (χ0) is 9.69. The molecule has 4 nitrogen and oxygen atoms in total. The van der Waals surface area contributed by atoms with E-state index in [4.69, 9.17) is 0 Å². The minimum absolute atomic E-state index is 0.132. The van der Waals surface area contributed by atoms with Gasteiger partial charge in [0.1, 0.15) is 5.75 Å². The summed E-state index contributed by atoms with van der Waals surface area (Å²) in [4.78, 5) is 11.5. The molecule has 0 aromatic heterocycles. The van der Waals surface area contributed by atoms with Crippen LogP contribution in [0.3, 0.4) is 0 Å². The van der Waals surface area contributed by atoms with E-state index in [0.717, 1.165) is 12.8 Å². The Balaban J connectivity index is 2.46. The van der Waals surface area contributed by atoms with Crippen molar-refractivity contribution in [1.29, 1.82) is 0 Å². The topological polar surface area (TPSA) is 54.5 Å². The van der Waals surface area contributed by atoms with Crippen LogP contribution in [0.5, 0.6) is 0 Å². The summed E-state index contributed by atoms with van der Waals surface area (Å²) in [6, 6.07) is 0. The highest BCUT2D eigenvalue weighted by molar-refractivity contribution is 7.90. The smallest absolute Gasteiger partial charge is 0.222 e. The van der Waals surface area contributed by atoms with Gasteiger partial charge >= 0.3 is 0 Å². The number of ketones is 1. The summed E-state index contributed by atoms with van der Waals surface area (Å²) in [6.07, 6.45) is 2.52. The number of piperidine rings is 1. The first-order valence-corrected chi connectivity index (χ1v) is 6.11. The standard InChI is InChI=1S/C8H13NO3S/c1-8-4-2-3-5-9(8)13(11,12)6-7(8)10/h2-6H2,1H3. The van der Waals surface area contributed by atoms with Crippen molar-refractivity contribution in [3.63, 3.8) is 0 Å². The second kappa shape index (κ2) is 2.54. The van der Waals surface area contributed by atoms with E-state index in [1.54, 1.807) is 6.92 Å². The molecule has 0 spiro atoms. The van der Waals surface area contributed by atoms with Crippen LogP contribution in [-0.4, -0.2) is 36.3 Å². The first-order chi connectivity index (χ1) is 5.97. The normalized spacial score (nSPS) is 39.0. The van der Waals surface area contributed by atoms with E-state index in [1.807, 2.05) is 0 Å². The van der Waals surface area contributed by atoms with E-state index in [9.17, 15) is 13.2 Å². The van der Waals surface area contributed by atoms with Gasteiger partial charge in [0, 0.05) is 6.54 Å². The second-order valence-corrected chi connectivity index (χ2v) is 5.88. The quantitative estimate of drug-likeness (QED) is 0.563. The Morgan fingerprint density at radius 2 is 2.08 bits per heavy atom. The minimum atomic E-state index is -3.27. The summed E-state index contributed by atoms with van der Waals surface area (Å²) in [5, 5.41) is 0. The van der Waals surface area contributed by atoms with E-state index in [2.05, 4.69) is 0 Å². The van der Waals surface area contributed by atoms with Gasteiger partial charge in [0.2, 0.25) is 10.0 Å². The van der Waals surface area contributed by atoms with Gasteiger partial charge in [0.25, 0.3) is 0 Å². The number of carbonyl (C=O) groups is 1. The molecule has 13 heavy (non-hydrogen) atoms. The van der Waals surface area contributed by atoms with Gasteiger partial charge in [-0.25, -0.2) is 8.42 Å². The Kier molecular flexibility index (Phi) is 1.79. The van der Waals surface area contributed by atoms with Gasteiger partial charge in [-0.2, -0.15) is 4.31 Å². The molecule has 0 N–H and O–H groups in total. The lowest BCUT2D eigenvalue weighted by Crippen LogP contribution is -2.49. The molecule has 2 fully saturated rings. The number of rotatable bonds is 0. The van der Waals surface area contributed by atoms with Crippen LogP contribution in [0, 0.1) is 0 Å². The largest absolute Gasteiger partial charge is 0.296 e. The monoisotopic (exact) mass is 203 g/mol. The maximum atomic E-state index is 11.5. The Morgan fingerprint density at radius 1 is 1.38 bits per heavy atom. The highest BCUT2D eigenvalue weighted by Gasteiger charge is 2.53. The van der Waals surface area contributed by atoms with Crippen LogP contribution < -0.4 is 0 Å². The van der Waals surface area contributed by atoms with E-state index in [-0.39, 0.29) is 11.5 Å². The number of carbonyl (C=O) groups excluding carboxylic acids is 1. The van der Waals surface area contributed by atoms with Crippen molar-refractivity contribution in [2.45, 2.75) is 31.7 Å². The molecule has 0 saturated carbocycles. The molecule has 2 saturated heterocycles. The number of hydrogen-bond acceptors (Lipinski definition) is 3. The average molecular weight is 203 g/mol. The average Bonchev–Trinajstić information content (AvgIpc) is 2.20. The first-order valence-electron chi connectivity index (χ1n) is 4.51. The van der Waals surface area contributed by atoms with E-state index >= 15 is 0 Å². The molecule has 2 aliphatic rings. The van der Waals surface area contributed by atoms with Crippen LogP contribution in [0.2, 0.25) is 0 Å². The maximum absolute atomic E-state index is 11.5. The third-order valence-corrected chi connectivity index (χ3v) is 4.96. The van der Waals surface area contributed by atoms with Gasteiger partial charge in [-0.05, 0) is 26.2 Å². The molecule has 0 aromatic rings. The van der Waals surface area contributed by atoms with Crippen molar-refractivity contribution >= 4 is 15.8 Å². The van der Waals surface area contributed by atoms with Crippen LogP contribution in [0.4, 0.5) is 0 Å². The molecular weight excluding hydrogens is 190 g/mol. The molecule has 0 aliphatic carbocycles. The molecule has 1 unspecified atom stereocenters. The summed E-state index contributed by atoms with van der Waals surface area (Å²) in [5.74, 6) is -0.420. The SMILES string of the molecule is CC12CCCCN1S(=O)(=O)CC2=O. The van der Waals surface area contributed by atoms with Crippen LogP contribution in [-0.2, 0) is 14.8 Å². The van der Waals surface area contributed by atoms with Crippen LogP contribution in [0.15, 0.2) is 0 Å². The van der Waals surface area contributed by atoms with Crippen LogP contribution in [0.25, 0.3) is 0 Å².